The SMILES string of the molecule is CNCCN(C(=S)SCC1=C(C(=O)O)N2C(=O)[C@](NC(=O)CCCCC(=O)O)(OC)[C@@H]2SC1)c1ccccc1. The molecule has 0 aromatic heterocycles. The number of nitrogens with zero attached hydrogens (tertiary/aromatic N) is 2. The van der Waals surface area contributed by atoms with Crippen LogP contribution in [-0.2, 0) is 23.9 Å². The van der Waals surface area contributed by atoms with Gasteiger partial charge in [0.2, 0.25) is 5.91 Å². The summed E-state index contributed by atoms with van der Waals surface area (Å²) in [4.78, 5) is 51.9. The van der Waals surface area contributed by atoms with Gasteiger partial charge in [-0.3, -0.25) is 19.3 Å². The maximum absolute atomic E-state index is 13.3. The van der Waals surface area contributed by atoms with Crippen LogP contribution in [0.4, 0.5) is 5.69 Å². The molecule has 14 heteroatoms. The monoisotopic (exact) mass is 596 g/mol. The van der Waals surface area contributed by atoms with Gasteiger partial charge in [-0.2, -0.15) is 0 Å². The summed E-state index contributed by atoms with van der Waals surface area (Å²) in [5, 5.41) is 23.8. The molecule has 212 valence electrons. The molecule has 0 aliphatic carbocycles. The van der Waals surface area contributed by atoms with Crippen molar-refractivity contribution >= 4 is 69.5 Å². The number of β-lactam (4-membered cyclic amide) rings is 1. The van der Waals surface area contributed by atoms with Gasteiger partial charge in [0.25, 0.3) is 11.6 Å². The number of unbranched alkanes of at least 4 members (excludes halogenated alkanes) is 1. The van der Waals surface area contributed by atoms with Crippen molar-refractivity contribution in [3.8, 4) is 0 Å². The molecule has 0 spiro atoms. The van der Waals surface area contributed by atoms with Crippen molar-refractivity contribution in [3.05, 3.63) is 41.6 Å². The molecular weight excluding hydrogens is 564 g/mol. The second-order valence-corrected chi connectivity index (χ2v) is 11.5. The number of anilines is 1. The highest BCUT2D eigenvalue weighted by Gasteiger charge is 2.66. The zero-order valence-electron chi connectivity index (χ0n) is 21.7. The summed E-state index contributed by atoms with van der Waals surface area (Å²) >= 11 is 8.34. The number of fused-ring (bicyclic) bond motifs is 1. The fourth-order valence-electron chi connectivity index (χ4n) is 4.27. The summed E-state index contributed by atoms with van der Waals surface area (Å²) in [6.45, 7) is 1.33. The van der Waals surface area contributed by atoms with Crippen LogP contribution < -0.4 is 15.5 Å². The average Bonchev–Trinajstić information content (AvgIpc) is 2.92. The van der Waals surface area contributed by atoms with E-state index in [0.29, 0.717) is 41.6 Å². The summed E-state index contributed by atoms with van der Waals surface area (Å²) in [6.07, 6.45) is 0.634. The van der Waals surface area contributed by atoms with Gasteiger partial charge in [0.1, 0.15) is 15.4 Å². The van der Waals surface area contributed by atoms with E-state index < -0.39 is 34.9 Å². The molecule has 0 bridgehead atoms. The molecule has 0 unspecified atom stereocenters. The maximum atomic E-state index is 13.3. The molecule has 2 aliphatic rings. The molecule has 39 heavy (non-hydrogen) atoms. The number of para-hydroxylation sites is 1. The lowest BCUT2D eigenvalue weighted by Crippen LogP contribution is -2.80. The van der Waals surface area contributed by atoms with Gasteiger partial charge < -0.3 is 30.5 Å². The second-order valence-electron chi connectivity index (χ2n) is 8.83. The van der Waals surface area contributed by atoms with Crippen LogP contribution in [0, 0.1) is 0 Å². The largest absolute Gasteiger partial charge is 0.481 e. The van der Waals surface area contributed by atoms with E-state index in [-0.39, 0.29) is 24.3 Å². The summed E-state index contributed by atoms with van der Waals surface area (Å²) < 4.78 is 6.04. The van der Waals surface area contributed by atoms with E-state index in [1.165, 1.54) is 35.5 Å². The van der Waals surface area contributed by atoms with Crippen molar-refractivity contribution in [2.24, 2.45) is 0 Å². The summed E-state index contributed by atoms with van der Waals surface area (Å²) in [5.74, 6) is -2.72. The Morgan fingerprint density at radius 1 is 1.23 bits per heavy atom. The number of rotatable bonds is 14. The Morgan fingerprint density at radius 3 is 2.54 bits per heavy atom. The minimum Gasteiger partial charge on any atom is -0.481 e. The topological polar surface area (TPSA) is 149 Å². The number of carbonyl (C=O) groups excluding carboxylic acids is 2. The van der Waals surface area contributed by atoms with E-state index in [1.807, 2.05) is 42.3 Å². The molecule has 0 saturated carbocycles. The molecule has 3 rings (SSSR count). The van der Waals surface area contributed by atoms with Gasteiger partial charge >= 0.3 is 11.9 Å². The number of methoxy groups -OCH3 is 1. The van der Waals surface area contributed by atoms with Crippen molar-refractivity contribution < 1.29 is 34.1 Å². The van der Waals surface area contributed by atoms with Crippen LogP contribution >= 0.6 is 35.7 Å². The molecule has 1 aromatic rings. The van der Waals surface area contributed by atoms with E-state index in [1.54, 1.807) is 0 Å². The van der Waals surface area contributed by atoms with Gasteiger partial charge in [0.15, 0.2) is 0 Å². The Labute approximate surface area is 240 Å². The normalized spacial score (nSPS) is 20.2. The number of ether oxygens (including phenoxy) is 1. The summed E-state index contributed by atoms with van der Waals surface area (Å²) in [5.41, 5.74) is -0.322. The number of amides is 2. The Morgan fingerprint density at radius 2 is 1.92 bits per heavy atom. The molecular formula is C25H32N4O7S3. The van der Waals surface area contributed by atoms with Crippen LogP contribution in [0.2, 0.25) is 0 Å². The Balaban J connectivity index is 1.71. The van der Waals surface area contributed by atoms with E-state index in [9.17, 15) is 24.3 Å². The molecule has 2 amide bonds. The van der Waals surface area contributed by atoms with Crippen LogP contribution in [0.5, 0.6) is 0 Å². The highest BCUT2D eigenvalue weighted by Crippen LogP contribution is 2.47. The predicted molar refractivity (Wildman–Crippen MR) is 155 cm³/mol. The molecule has 2 heterocycles. The zero-order valence-corrected chi connectivity index (χ0v) is 24.1. The van der Waals surface area contributed by atoms with Crippen molar-refractivity contribution in [3.63, 3.8) is 0 Å². The third-order valence-corrected chi connectivity index (χ3v) is 9.16. The minimum atomic E-state index is -1.68. The standard InChI is InChI=1S/C25H32N4O7S3/c1-26-12-13-28(17-8-4-3-5-9-17)24(37)39-15-16-14-38-23-25(36-2,22(35)29(23)20(16)21(33)34)27-18(30)10-6-7-11-19(31)32/h3-5,8-9,23,26H,6-7,10-15H2,1-2H3,(H,27,30)(H,31,32)(H,33,34)/t23-,25-/m0/s1. The first kappa shape index (κ1) is 30.9. The van der Waals surface area contributed by atoms with Crippen molar-refractivity contribution in [2.45, 2.75) is 36.8 Å². The lowest BCUT2D eigenvalue weighted by molar-refractivity contribution is -0.192. The molecule has 1 aromatic carbocycles. The van der Waals surface area contributed by atoms with Crippen molar-refractivity contribution in [1.29, 1.82) is 0 Å². The number of hydrogen-bond donors (Lipinski definition) is 4. The van der Waals surface area contributed by atoms with Crippen molar-refractivity contribution in [1.82, 2.24) is 15.5 Å². The lowest BCUT2D eigenvalue weighted by atomic mass is 9.98. The molecule has 2 aliphatic heterocycles. The highest BCUT2D eigenvalue weighted by atomic mass is 32.2. The first-order valence-corrected chi connectivity index (χ1v) is 14.7. The molecule has 4 N–H and O–H groups in total. The van der Waals surface area contributed by atoms with Crippen molar-refractivity contribution in [2.75, 3.05) is 43.7 Å². The first-order chi connectivity index (χ1) is 18.7. The van der Waals surface area contributed by atoms with Crippen LogP contribution in [-0.4, -0.2) is 93.0 Å². The Hall–Kier alpha value is -2.65. The summed E-state index contributed by atoms with van der Waals surface area (Å²) in [7, 11) is 3.14. The van der Waals surface area contributed by atoms with E-state index in [0.717, 1.165) is 5.69 Å². The van der Waals surface area contributed by atoms with Gasteiger partial charge in [-0.1, -0.05) is 42.2 Å². The lowest BCUT2D eigenvalue weighted by Gasteiger charge is -2.55. The molecule has 2 atom stereocenters. The van der Waals surface area contributed by atoms with Crippen LogP contribution in [0.1, 0.15) is 25.7 Å². The quantitative estimate of drug-likeness (QED) is 0.108. The van der Waals surface area contributed by atoms with Gasteiger partial charge in [-0.15, -0.1) is 11.8 Å². The van der Waals surface area contributed by atoms with Gasteiger partial charge in [0, 0.05) is 50.2 Å². The van der Waals surface area contributed by atoms with Gasteiger partial charge in [-0.05, 0) is 37.6 Å². The molecule has 1 fully saturated rings. The fourth-order valence-corrected chi connectivity index (χ4v) is 7.10. The first-order valence-electron chi connectivity index (χ1n) is 12.3. The second kappa shape index (κ2) is 14.1. The third-order valence-electron chi connectivity index (χ3n) is 6.25. The Kier molecular flexibility index (Phi) is 11.2. The van der Waals surface area contributed by atoms with Crippen LogP contribution in [0.3, 0.4) is 0 Å². The number of thioether (sulfide) groups is 2. The number of carboxylic acids is 2. The van der Waals surface area contributed by atoms with Crippen LogP contribution in [0.25, 0.3) is 0 Å². The molecule has 0 radical (unpaired) electrons. The van der Waals surface area contributed by atoms with Gasteiger partial charge in [0.05, 0.1) is 0 Å². The molecule has 1 saturated heterocycles. The van der Waals surface area contributed by atoms with Gasteiger partial charge in [-0.25, -0.2) is 4.79 Å². The smallest absolute Gasteiger partial charge is 0.352 e. The van der Waals surface area contributed by atoms with E-state index >= 15 is 0 Å². The van der Waals surface area contributed by atoms with E-state index in [4.69, 9.17) is 22.1 Å². The average molecular weight is 597 g/mol. The molecule has 11 nitrogen and oxygen atoms in total. The number of hydrogen-bond acceptors (Lipinski definition) is 9. The number of nitrogens with one attached hydrogen (secondary N) is 2. The number of thiocarbonyl (C=S) groups is 1. The number of carboxylic acid groups (broad SMARTS) is 2. The summed E-state index contributed by atoms with van der Waals surface area (Å²) in [6, 6.07) is 9.67. The zero-order chi connectivity index (χ0) is 28.6. The Bertz CT molecular complexity index is 1130. The van der Waals surface area contributed by atoms with E-state index in [2.05, 4.69) is 10.6 Å². The third kappa shape index (κ3) is 7.11. The number of carbonyl (C=O) groups is 4. The number of aliphatic carboxylic acids is 2. The minimum absolute atomic E-state index is 0.0233. The number of benzene rings is 1. The highest BCUT2D eigenvalue weighted by molar-refractivity contribution is 8.23. The van der Waals surface area contributed by atoms with Crippen LogP contribution in [0.15, 0.2) is 41.6 Å². The maximum Gasteiger partial charge on any atom is 0.352 e. The fraction of sp³-hybridized carbons (Fsp3) is 0.480. The number of likely N-dealkylation sites (N-methyl/N-ethyl adjacent to an activating group) is 1. The predicted octanol–water partition coefficient (Wildman–Crippen LogP) is 2.09.